The van der Waals surface area contributed by atoms with E-state index >= 15 is 0 Å². The molecule has 0 radical (unpaired) electrons. The number of hydrogen-bond donors (Lipinski definition) is 0. The second-order valence-electron chi connectivity index (χ2n) is 9.23. The van der Waals surface area contributed by atoms with Gasteiger partial charge in [0.05, 0.1) is 6.61 Å². The zero-order valence-electron chi connectivity index (χ0n) is 14.4. The van der Waals surface area contributed by atoms with Crippen molar-refractivity contribution in [3.8, 4) is 0 Å². The fraction of sp³-hybridized carbons (Fsp3) is 1.00. The van der Waals surface area contributed by atoms with Gasteiger partial charge in [-0.15, -0.1) is 0 Å². The molecule has 3 aliphatic carbocycles. The molecule has 0 aromatic heterocycles. The molecule has 0 spiro atoms. The Bertz CT molecular complexity index is 405. The van der Waals surface area contributed by atoms with Crippen molar-refractivity contribution < 1.29 is 4.74 Å². The van der Waals surface area contributed by atoms with Gasteiger partial charge in [0.2, 0.25) is 0 Å². The summed E-state index contributed by atoms with van der Waals surface area (Å²) in [6.07, 6.45) is 11.8. The lowest BCUT2D eigenvalue weighted by Gasteiger charge is -2.60. The number of ether oxygens (including phenoxy) is 1. The smallest absolute Gasteiger partial charge is 0.0525 e. The fourth-order valence-electron chi connectivity index (χ4n) is 7.53. The highest BCUT2D eigenvalue weighted by Crippen LogP contribution is 2.66. The van der Waals surface area contributed by atoms with Gasteiger partial charge in [0.25, 0.3) is 0 Å². The van der Waals surface area contributed by atoms with Crippen LogP contribution in [0.3, 0.4) is 0 Å². The maximum Gasteiger partial charge on any atom is 0.0525 e. The fourth-order valence-corrected chi connectivity index (χ4v) is 7.53. The topological polar surface area (TPSA) is 9.23 Å². The van der Waals surface area contributed by atoms with Crippen LogP contribution in [0, 0.1) is 40.4 Å². The Morgan fingerprint density at radius 3 is 2.52 bits per heavy atom. The molecule has 0 aromatic carbocycles. The average Bonchev–Trinajstić information content (AvgIpc) is 2.83. The third kappa shape index (κ3) is 1.92. The van der Waals surface area contributed by atoms with E-state index in [-0.39, 0.29) is 0 Å². The van der Waals surface area contributed by atoms with Gasteiger partial charge in [-0.2, -0.15) is 0 Å². The molecule has 1 heteroatoms. The molecule has 0 bridgehead atoms. The van der Waals surface area contributed by atoms with E-state index < -0.39 is 0 Å². The van der Waals surface area contributed by atoms with E-state index in [2.05, 4.69) is 20.8 Å². The maximum atomic E-state index is 5.97. The Morgan fingerprint density at radius 1 is 0.905 bits per heavy atom. The van der Waals surface area contributed by atoms with Crippen molar-refractivity contribution in [2.45, 2.75) is 72.1 Å². The van der Waals surface area contributed by atoms with Gasteiger partial charge in [0, 0.05) is 6.61 Å². The zero-order valence-corrected chi connectivity index (χ0v) is 14.4. The van der Waals surface area contributed by atoms with E-state index in [0.29, 0.717) is 10.8 Å². The lowest BCUT2D eigenvalue weighted by atomic mass is 9.46. The van der Waals surface area contributed by atoms with E-state index in [1.807, 2.05) is 0 Å². The molecule has 4 aliphatic rings. The van der Waals surface area contributed by atoms with Crippen molar-refractivity contribution >= 4 is 0 Å². The minimum Gasteiger partial charge on any atom is -0.381 e. The van der Waals surface area contributed by atoms with Gasteiger partial charge < -0.3 is 4.74 Å². The molecule has 0 N–H and O–H groups in total. The predicted octanol–water partition coefficient (Wildman–Crippen LogP) is 5.29. The molecule has 7 atom stereocenters. The minimum absolute atomic E-state index is 0.507. The van der Waals surface area contributed by atoms with Crippen LogP contribution < -0.4 is 0 Å². The first-order valence-corrected chi connectivity index (χ1v) is 9.67. The highest BCUT2D eigenvalue weighted by atomic mass is 16.5. The summed E-state index contributed by atoms with van der Waals surface area (Å²) in [5.41, 5.74) is 1.18. The van der Waals surface area contributed by atoms with Crippen molar-refractivity contribution in [2.24, 2.45) is 40.4 Å². The van der Waals surface area contributed by atoms with Gasteiger partial charge in [-0.1, -0.05) is 27.2 Å². The second kappa shape index (κ2) is 4.98. The Balaban J connectivity index is 1.62. The highest BCUT2D eigenvalue weighted by molar-refractivity contribution is 5.08. The van der Waals surface area contributed by atoms with E-state index in [0.717, 1.165) is 42.8 Å². The van der Waals surface area contributed by atoms with E-state index in [4.69, 9.17) is 4.74 Å². The lowest BCUT2D eigenvalue weighted by Crippen LogP contribution is -2.55. The Hall–Kier alpha value is -0.0400. The highest BCUT2D eigenvalue weighted by Gasteiger charge is 2.59. The molecule has 1 unspecified atom stereocenters. The van der Waals surface area contributed by atoms with E-state index in [9.17, 15) is 0 Å². The molecule has 4 rings (SSSR count). The largest absolute Gasteiger partial charge is 0.381 e. The zero-order chi connectivity index (χ0) is 14.7. The van der Waals surface area contributed by atoms with Crippen LogP contribution in [0.4, 0.5) is 0 Å². The molecule has 3 saturated carbocycles. The number of hydrogen-bond acceptors (Lipinski definition) is 1. The quantitative estimate of drug-likeness (QED) is 0.637. The third-order valence-corrected chi connectivity index (χ3v) is 8.78. The van der Waals surface area contributed by atoms with Gasteiger partial charge in [-0.25, -0.2) is 0 Å². The molecular formula is C20H34O. The molecule has 21 heavy (non-hydrogen) atoms. The summed E-state index contributed by atoms with van der Waals surface area (Å²) in [7, 11) is 0. The Morgan fingerprint density at radius 2 is 1.71 bits per heavy atom. The molecular weight excluding hydrogens is 256 g/mol. The summed E-state index contributed by atoms with van der Waals surface area (Å²) in [4.78, 5) is 0. The van der Waals surface area contributed by atoms with Crippen LogP contribution in [0.1, 0.15) is 72.1 Å². The summed E-state index contributed by atoms with van der Waals surface area (Å²) in [6, 6.07) is 0. The number of rotatable bonds is 1. The van der Waals surface area contributed by atoms with Gasteiger partial charge in [-0.05, 0) is 85.4 Å². The van der Waals surface area contributed by atoms with Crippen LogP contribution in [0.15, 0.2) is 0 Å². The molecule has 1 aliphatic heterocycles. The van der Waals surface area contributed by atoms with Gasteiger partial charge in [0.15, 0.2) is 0 Å². The first-order valence-electron chi connectivity index (χ1n) is 9.67. The first-order chi connectivity index (χ1) is 10.1. The van der Waals surface area contributed by atoms with Crippen LogP contribution in [0.2, 0.25) is 0 Å². The van der Waals surface area contributed by atoms with Crippen molar-refractivity contribution in [2.75, 3.05) is 13.2 Å². The van der Waals surface area contributed by atoms with Crippen LogP contribution in [0.25, 0.3) is 0 Å². The molecule has 1 heterocycles. The van der Waals surface area contributed by atoms with E-state index in [1.54, 1.807) is 0 Å². The SMILES string of the molecule is CC[C@H]1CC[C@H]2[C@@H]3CCC4CCOC[C@]4(C)[C@H]3CC[C@]12C. The van der Waals surface area contributed by atoms with Crippen LogP contribution in [-0.2, 0) is 4.74 Å². The van der Waals surface area contributed by atoms with Gasteiger partial charge >= 0.3 is 0 Å². The molecule has 0 amide bonds. The van der Waals surface area contributed by atoms with Crippen LogP contribution >= 0.6 is 0 Å². The number of fused-ring (bicyclic) bond motifs is 5. The normalized spacial score (nSPS) is 56.4. The predicted molar refractivity (Wildman–Crippen MR) is 87.1 cm³/mol. The Kier molecular flexibility index (Phi) is 3.45. The monoisotopic (exact) mass is 290 g/mol. The molecule has 0 aromatic rings. The van der Waals surface area contributed by atoms with Crippen molar-refractivity contribution in [1.82, 2.24) is 0 Å². The molecule has 1 saturated heterocycles. The summed E-state index contributed by atoms with van der Waals surface area (Å²) >= 11 is 0. The lowest BCUT2D eigenvalue weighted by molar-refractivity contribution is -0.154. The standard InChI is InChI=1S/C20H34O/c1-4-14-6-8-17-16-7-5-15-10-12-21-13-20(15,3)18(16)9-11-19(14,17)2/h14-18H,4-13H2,1-3H3/t14-,15?,16-,17-,18-,19+,20-/m0/s1. The average molecular weight is 290 g/mol. The van der Waals surface area contributed by atoms with Gasteiger partial charge in [-0.3, -0.25) is 0 Å². The minimum atomic E-state index is 0.507. The van der Waals surface area contributed by atoms with Crippen molar-refractivity contribution in [3.05, 3.63) is 0 Å². The molecule has 4 fully saturated rings. The molecule has 1 nitrogen and oxygen atoms in total. The second-order valence-corrected chi connectivity index (χ2v) is 9.23. The first kappa shape index (κ1) is 14.5. The Labute approximate surface area is 131 Å². The van der Waals surface area contributed by atoms with Crippen molar-refractivity contribution in [1.29, 1.82) is 0 Å². The van der Waals surface area contributed by atoms with Crippen molar-refractivity contribution in [3.63, 3.8) is 0 Å². The van der Waals surface area contributed by atoms with E-state index in [1.165, 1.54) is 51.4 Å². The van der Waals surface area contributed by atoms with Crippen LogP contribution in [-0.4, -0.2) is 13.2 Å². The maximum absolute atomic E-state index is 5.97. The third-order valence-electron chi connectivity index (χ3n) is 8.78. The summed E-state index contributed by atoms with van der Waals surface area (Å²) in [6.45, 7) is 9.75. The van der Waals surface area contributed by atoms with Crippen LogP contribution in [0.5, 0.6) is 0 Å². The molecule has 120 valence electrons. The summed E-state index contributed by atoms with van der Waals surface area (Å²) < 4.78 is 5.97. The summed E-state index contributed by atoms with van der Waals surface area (Å²) in [5.74, 6) is 4.98. The summed E-state index contributed by atoms with van der Waals surface area (Å²) in [5, 5.41) is 0. The van der Waals surface area contributed by atoms with Gasteiger partial charge in [0.1, 0.15) is 0 Å².